The fourth-order valence-electron chi connectivity index (χ4n) is 4.08. The number of hydrogen-bond acceptors (Lipinski definition) is 2. The first-order valence-electron chi connectivity index (χ1n) is 9.81. The zero-order valence-electron chi connectivity index (χ0n) is 15.5. The molecule has 4 aromatic carbocycles. The van der Waals surface area contributed by atoms with Gasteiger partial charge < -0.3 is 10.4 Å². The highest BCUT2D eigenvalue weighted by Gasteiger charge is 2.10. The molecule has 0 saturated carbocycles. The Morgan fingerprint density at radius 3 is 2.30 bits per heavy atom. The zero-order chi connectivity index (χ0) is 18.6. The Morgan fingerprint density at radius 1 is 0.815 bits per heavy atom. The predicted octanol–water partition coefficient (Wildman–Crippen LogP) is 4.80. The second-order valence-electron chi connectivity index (χ2n) is 7.21. The van der Waals surface area contributed by atoms with Gasteiger partial charge in [0.2, 0.25) is 5.91 Å². The fraction of sp³-hybridized carbons (Fsp3) is 0.292. The van der Waals surface area contributed by atoms with Crippen molar-refractivity contribution in [3.05, 3.63) is 60.2 Å². The number of carbonyl (C=O) groups excluding carboxylic acids is 1. The lowest BCUT2D eigenvalue weighted by Crippen LogP contribution is -2.25. The minimum Gasteiger partial charge on any atom is -0.395 e. The zero-order valence-corrected chi connectivity index (χ0v) is 15.5. The van der Waals surface area contributed by atoms with Gasteiger partial charge in [-0.3, -0.25) is 4.79 Å². The molecular formula is C24H25NO2. The number of aliphatic hydroxyl groups excluding tert-OH is 1. The predicted molar refractivity (Wildman–Crippen MR) is 112 cm³/mol. The summed E-state index contributed by atoms with van der Waals surface area (Å²) in [6, 6.07) is 19.9. The van der Waals surface area contributed by atoms with E-state index in [2.05, 4.69) is 59.9 Å². The first-order chi connectivity index (χ1) is 13.3. The van der Waals surface area contributed by atoms with Crippen molar-refractivity contribution in [1.82, 2.24) is 5.32 Å². The van der Waals surface area contributed by atoms with E-state index in [0.717, 1.165) is 25.7 Å². The van der Waals surface area contributed by atoms with Crippen LogP contribution in [0.4, 0.5) is 0 Å². The van der Waals surface area contributed by atoms with Gasteiger partial charge in [-0.25, -0.2) is 0 Å². The maximum Gasteiger partial charge on any atom is 0.220 e. The minimum absolute atomic E-state index is 0.000392. The van der Waals surface area contributed by atoms with E-state index in [9.17, 15) is 4.79 Å². The summed E-state index contributed by atoms with van der Waals surface area (Å²) >= 11 is 0. The molecule has 4 rings (SSSR count). The lowest BCUT2D eigenvalue weighted by molar-refractivity contribution is -0.121. The minimum atomic E-state index is 0.000392. The van der Waals surface area contributed by atoms with Crippen molar-refractivity contribution in [2.75, 3.05) is 13.2 Å². The number of hydrogen-bond donors (Lipinski definition) is 2. The summed E-state index contributed by atoms with van der Waals surface area (Å²) in [5.41, 5.74) is 1.39. The molecule has 0 atom stereocenters. The lowest BCUT2D eigenvalue weighted by atomic mass is 9.90. The summed E-state index contributed by atoms with van der Waals surface area (Å²) in [5, 5.41) is 19.4. The summed E-state index contributed by atoms with van der Waals surface area (Å²) < 4.78 is 0. The molecule has 3 heteroatoms. The molecule has 2 N–H and O–H groups in total. The van der Waals surface area contributed by atoms with Crippen LogP contribution in [0.15, 0.2) is 54.6 Å². The number of amides is 1. The monoisotopic (exact) mass is 359 g/mol. The number of nitrogens with one attached hydrogen (secondary N) is 1. The molecule has 0 radical (unpaired) electrons. The van der Waals surface area contributed by atoms with Gasteiger partial charge >= 0.3 is 0 Å². The Hall–Kier alpha value is -2.65. The van der Waals surface area contributed by atoms with E-state index in [1.165, 1.54) is 37.9 Å². The van der Waals surface area contributed by atoms with Gasteiger partial charge in [0.05, 0.1) is 6.61 Å². The van der Waals surface area contributed by atoms with E-state index in [-0.39, 0.29) is 12.5 Å². The molecular weight excluding hydrogens is 334 g/mol. The third-order valence-corrected chi connectivity index (χ3v) is 5.40. The van der Waals surface area contributed by atoms with Crippen molar-refractivity contribution in [1.29, 1.82) is 0 Å². The molecule has 0 aliphatic heterocycles. The molecule has 27 heavy (non-hydrogen) atoms. The number of unbranched alkanes of at least 4 members (excludes halogenated alkanes) is 2. The molecule has 1 amide bonds. The molecule has 0 bridgehead atoms. The molecule has 0 saturated heterocycles. The number of rotatable bonds is 8. The highest BCUT2D eigenvalue weighted by molar-refractivity contribution is 6.23. The molecule has 0 fully saturated rings. The van der Waals surface area contributed by atoms with Gasteiger partial charge in [0, 0.05) is 13.0 Å². The fourth-order valence-corrected chi connectivity index (χ4v) is 4.08. The van der Waals surface area contributed by atoms with Gasteiger partial charge in [-0.05, 0) is 57.1 Å². The summed E-state index contributed by atoms with van der Waals surface area (Å²) in [5.74, 6) is 0.0341. The lowest BCUT2D eigenvalue weighted by Gasteiger charge is -2.14. The van der Waals surface area contributed by atoms with Crippen molar-refractivity contribution in [2.24, 2.45) is 0 Å². The first-order valence-corrected chi connectivity index (χ1v) is 9.81. The smallest absolute Gasteiger partial charge is 0.220 e. The topological polar surface area (TPSA) is 49.3 Å². The summed E-state index contributed by atoms with van der Waals surface area (Å²) in [7, 11) is 0. The van der Waals surface area contributed by atoms with Gasteiger partial charge in [-0.15, -0.1) is 0 Å². The van der Waals surface area contributed by atoms with E-state index in [4.69, 9.17) is 5.11 Å². The molecule has 3 nitrogen and oxygen atoms in total. The van der Waals surface area contributed by atoms with Crippen LogP contribution in [-0.4, -0.2) is 24.2 Å². The van der Waals surface area contributed by atoms with Crippen molar-refractivity contribution in [3.8, 4) is 0 Å². The van der Waals surface area contributed by atoms with E-state index in [0.29, 0.717) is 13.0 Å². The Labute approximate surface area is 159 Å². The van der Waals surface area contributed by atoms with Gasteiger partial charge in [0.15, 0.2) is 0 Å². The van der Waals surface area contributed by atoms with Crippen LogP contribution in [0.25, 0.3) is 32.3 Å². The Kier molecular flexibility index (Phi) is 5.21. The molecule has 138 valence electrons. The van der Waals surface area contributed by atoms with E-state index < -0.39 is 0 Å². The van der Waals surface area contributed by atoms with Crippen LogP contribution in [-0.2, 0) is 11.2 Å². The van der Waals surface area contributed by atoms with Gasteiger partial charge in [-0.1, -0.05) is 61.0 Å². The van der Waals surface area contributed by atoms with Crippen LogP contribution in [0.2, 0.25) is 0 Å². The highest BCUT2D eigenvalue weighted by atomic mass is 16.3. The summed E-state index contributed by atoms with van der Waals surface area (Å²) in [4.78, 5) is 11.6. The number of carbonyl (C=O) groups is 1. The summed E-state index contributed by atoms with van der Waals surface area (Å²) in [6.07, 6.45) is 4.58. The maximum atomic E-state index is 11.6. The second kappa shape index (κ2) is 7.93. The molecule has 0 spiro atoms. The van der Waals surface area contributed by atoms with Crippen LogP contribution in [0.3, 0.4) is 0 Å². The number of benzene rings is 4. The molecule has 0 aliphatic rings. The van der Waals surface area contributed by atoms with Crippen LogP contribution >= 0.6 is 0 Å². The van der Waals surface area contributed by atoms with Crippen LogP contribution in [0.5, 0.6) is 0 Å². The molecule has 4 aromatic rings. The average Bonchev–Trinajstić information content (AvgIpc) is 2.71. The first kappa shape index (κ1) is 17.7. The third-order valence-electron chi connectivity index (χ3n) is 5.40. The second-order valence-corrected chi connectivity index (χ2v) is 7.21. The van der Waals surface area contributed by atoms with Crippen molar-refractivity contribution in [2.45, 2.75) is 32.1 Å². The molecule has 0 heterocycles. The van der Waals surface area contributed by atoms with Crippen molar-refractivity contribution >= 4 is 38.2 Å². The Balaban J connectivity index is 1.49. The van der Waals surface area contributed by atoms with E-state index in [1.54, 1.807) is 0 Å². The number of aliphatic hydroxyl groups is 1. The SMILES string of the molecule is O=C(CCCCCc1ccc2ccc3cccc4ccc1c2c34)NCCO. The van der Waals surface area contributed by atoms with Crippen molar-refractivity contribution in [3.63, 3.8) is 0 Å². The maximum absolute atomic E-state index is 11.6. The quantitative estimate of drug-likeness (QED) is 0.351. The molecule has 0 aliphatic carbocycles. The van der Waals surface area contributed by atoms with Gasteiger partial charge in [-0.2, -0.15) is 0 Å². The van der Waals surface area contributed by atoms with E-state index in [1.807, 2.05) is 0 Å². The van der Waals surface area contributed by atoms with E-state index >= 15 is 0 Å². The van der Waals surface area contributed by atoms with Crippen LogP contribution < -0.4 is 5.32 Å². The Bertz CT molecular complexity index is 1050. The van der Waals surface area contributed by atoms with Crippen LogP contribution in [0.1, 0.15) is 31.2 Å². The molecule has 0 aromatic heterocycles. The highest BCUT2D eigenvalue weighted by Crippen LogP contribution is 2.36. The standard InChI is InChI=1S/C24H25NO2/c26-16-15-25-22(27)8-3-1-2-5-17-9-10-20-12-11-18-6-4-7-19-13-14-21(17)24(20)23(18)19/h4,6-7,9-14,26H,1-3,5,8,15-16H2,(H,25,27). The largest absolute Gasteiger partial charge is 0.395 e. The summed E-state index contributed by atoms with van der Waals surface area (Å²) in [6.45, 7) is 0.349. The van der Waals surface area contributed by atoms with Gasteiger partial charge in [0.1, 0.15) is 0 Å². The normalized spacial score (nSPS) is 11.6. The number of aryl methyl sites for hydroxylation is 1. The van der Waals surface area contributed by atoms with Crippen LogP contribution in [0, 0.1) is 0 Å². The third kappa shape index (κ3) is 3.60. The van der Waals surface area contributed by atoms with Crippen molar-refractivity contribution < 1.29 is 9.90 Å². The van der Waals surface area contributed by atoms with Gasteiger partial charge in [0.25, 0.3) is 0 Å². The molecule has 0 unspecified atom stereocenters. The Morgan fingerprint density at radius 2 is 1.52 bits per heavy atom. The average molecular weight is 359 g/mol.